The van der Waals surface area contributed by atoms with Crippen molar-refractivity contribution in [1.29, 1.82) is 0 Å². The lowest BCUT2D eigenvalue weighted by atomic mass is 9.60. The normalized spacial score (nSPS) is 27.4. The van der Waals surface area contributed by atoms with Gasteiger partial charge in [-0.1, -0.05) is 0 Å². The first-order chi connectivity index (χ1) is 13.6. The number of carbonyl (C=O) groups is 1. The maximum Gasteiger partial charge on any atom is 0.231 e. The fourth-order valence-corrected chi connectivity index (χ4v) is 6.31. The molecular formula is C21H27N5OS. The van der Waals surface area contributed by atoms with Crippen molar-refractivity contribution >= 4 is 23.2 Å². The number of rotatable bonds is 3. The zero-order valence-corrected chi connectivity index (χ0v) is 17.2. The smallest absolute Gasteiger partial charge is 0.231 e. The summed E-state index contributed by atoms with van der Waals surface area (Å²) in [6.45, 7) is 5.64. The molecule has 148 valence electrons. The fraction of sp³-hybridized carbons (Fsp3) is 0.571. The van der Waals surface area contributed by atoms with Crippen LogP contribution in [-0.4, -0.2) is 65.4 Å². The maximum atomic E-state index is 13.4. The maximum absolute atomic E-state index is 13.4. The van der Waals surface area contributed by atoms with Gasteiger partial charge in [0.1, 0.15) is 0 Å². The van der Waals surface area contributed by atoms with Gasteiger partial charge in [-0.25, -0.2) is 9.97 Å². The third-order valence-corrected chi connectivity index (χ3v) is 7.97. The van der Waals surface area contributed by atoms with Crippen molar-refractivity contribution in [1.82, 2.24) is 19.8 Å². The molecule has 2 aromatic heterocycles. The third kappa shape index (κ3) is 2.75. The van der Waals surface area contributed by atoms with Crippen LogP contribution in [0.2, 0.25) is 0 Å². The van der Waals surface area contributed by atoms with E-state index in [0.717, 1.165) is 64.5 Å². The summed E-state index contributed by atoms with van der Waals surface area (Å²) in [4.78, 5) is 29.1. The molecule has 0 radical (unpaired) electrons. The van der Waals surface area contributed by atoms with Crippen molar-refractivity contribution in [2.24, 2.45) is 10.8 Å². The quantitative estimate of drug-likeness (QED) is 0.797. The Morgan fingerprint density at radius 2 is 1.89 bits per heavy atom. The van der Waals surface area contributed by atoms with Gasteiger partial charge in [0.25, 0.3) is 0 Å². The Balaban J connectivity index is 1.40. The number of hydrogen-bond acceptors (Lipinski definition) is 6. The van der Waals surface area contributed by atoms with Crippen LogP contribution in [0.3, 0.4) is 0 Å². The summed E-state index contributed by atoms with van der Waals surface area (Å²) in [5, 5.41) is 4.39. The van der Waals surface area contributed by atoms with E-state index in [0.29, 0.717) is 5.91 Å². The van der Waals surface area contributed by atoms with Gasteiger partial charge in [-0.05, 0) is 60.8 Å². The summed E-state index contributed by atoms with van der Waals surface area (Å²) in [6.07, 6.45) is 6.69. The van der Waals surface area contributed by atoms with Crippen molar-refractivity contribution in [3.63, 3.8) is 0 Å². The Hall–Kier alpha value is -1.99. The Morgan fingerprint density at radius 1 is 1.11 bits per heavy atom. The summed E-state index contributed by atoms with van der Waals surface area (Å²) >= 11 is 1.76. The highest BCUT2D eigenvalue weighted by molar-refractivity contribution is 7.07. The van der Waals surface area contributed by atoms with Crippen molar-refractivity contribution in [2.75, 3.05) is 44.7 Å². The van der Waals surface area contributed by atoms with Crippen molar-refractivity contribution in [3.05, 3.63) is 40.8 Å². The molecule has 5 heterocycles. The summed E-state index contributed by atoms with van der Waals surface area (Å²) in [6, 6.07) is 4.07. The molecule has 3 fully saturated rings. The Morgan fingerprint density at radius 3 is 2.54 bits per heavy atom. The van der Waals surface area contributed by atoms with Crippen LogP contribution in [0.15, 0.2) is 35.3 Å². The number of aromatic nitrogens is 2. The average molecular weight is 398 g/mol. The number of carbonyl (C=O) groups excluding carboxylic acids is 1. The monoisotopic (exact) mass is 397 g/mol. The van der Waals surface area contributed by atoms with Gasteiger partial charge in [0.05, 0.1) is 5.41 Å². The van der Waals surface area contributed by atoms with Crippen LogP contribution in [-0.2, 0) is 11.3 Å². The van der Waals surface area contributed by atoms with E-state index in [9.17, 15) is 4.79 Å². The number of hydrogen-bond donors (Lipinski definition) is 0. The Labute approximate surface area is 170 Å². The van der Waals surface area contributed by atoms with Crippen molar-refractivity contribution in [2.45, 2.75) is 25.8 Å². The lowest BCUT2D eigenvalue weighted by molar-refractivity contribution is -0.141. The van der Waals surface area contributed by atoms with E-state index in [1.807, 2.05) is 18.0 Å². The standard InChI is InChI=1S/C21H27N5OS/c1-24-9-6-21(18(24)27)16-26(19-22-7-2-8-23-19)15-20(21)4-10-25(11-5-20)13-17-3-12-28-14-17/h2-3,7-8,12,14H,4-6,9-11,13,15-16H2,1H3. The molecule has 3 saturated heterocycles. The Kier molecular flexibility index (Phi) is 4.39. The number of fused-ring (bicyclic) bond motifs is 1. The minimum absolute atomic E-state index is 0.0270. The van der Waals surface area contributed by atoms with Gasteiger partial charge in [0.15, 0.2) is 0 Å². The molecule has 2 spiro atoms. The van der Waals surface area contributed by atoms with Crippen molar-refractivity contribution < 1.29 is 4.79 Å². The molecule has 3 aliphatic rings. The molecule has 7 heteroatoms. The van der Waals surface area contributed by atoms with Gasteiger partial charge in [0, 0.05) is 51.0 Å². The minimum atomic E-state index is -0.282. The second kappa shape index (κ2) is 6.81. The van der Waals surface area contributed by atoms with E-state index in [1.54, 1.807) is 23.7 Å². The van der Waals surface area contributed by atoms with E-state index >= 15 is 0 Å². The van der Waals surface area contributed by atoms with Crippen LogP contribution in [0, 0.1) is 10.8 Å². The van der Waals surface area contributed by atoms with Gasteiger partial charge < -0.3 is 9.80 Å². The molecule has 3 aliphatic heterocycles. The topological polar surface area (TPSA) is 52.6 Å². The number of amides is 1. The van der Waals surface area contributed by atoms with Gasteiger partial charge in [-0.3, -0.25) is 9.69 Å². The highest BCUT2D eigenvalue weighted by Gasteiger charge is 2.65. The van der Waals surface area contributed by atoms with E-state index in [2.05, 4.69) is 36.6 Å². The Bertz CT molecular complexity index is 834. The molecule has 0 aliphatic carbocycles. The average Bonchev–Trinajstić information content (AvgIpc) is 3.42. The SMILES string of the molecule is CN1CCC2(CN(c3ncccn3)CC23CCN(Cc2ccsc2)CC3)C1=O. The first-order valence-corrected chi connectivity index (χ1v) is 11.1. The van der Waals surface area contributed by atoms with Crippen molar-refractivity contribution in [3.8, 4) is 0 Å². The van der Waals surface area contributed by atoms with Gasteiger partial charge in [-0.2, -0.15) is 11.3 Å². The predicted octanol–water partition coefficient (Wildman–Crippen LogP) is 2.49. The first-order valence-electron chi connectivity index (χ1n) is 10.1. The highest BCUT2D eigenvalue weighted by Crippen LogP contribution is 2.58. The summed E-state index contributed by atoms with van der Waals surface area (Å²) in [5.41, 5.74) is 1.15. The van der Waals surface area contributed by atoms with Gasteiger partial charge in [0.2, 0.25) is 11.9 Å². The molecular weight excluding hydrogens is 370 g/mol. The summed E-state index contributed by atoms with van der Waals surface area (Å²) < 4.78 is 0. The van der Waals surface area contributed by atoms with Gasteiger partial charge >= 0.3 is 0 Å². The number of nitrogens with zero attached hydrogens (tertiary/aromatic N) is 5. The van der Waals surface area contributed by atoms with Crippen LogP contribution in [0.5, 0.6) is 0 Å². The molecule has 0 aromatic carbocycles. The molecule has 0 saturated carbocycles. The largest absolute Gasteiger partial charge is 0.345 e. The fourth-order valence-electron chi connectivity index (χ4n) is 5.65. The molecule has 5 rings (SSSR count). The lowest BCUT2D eigenvalue weighted by Crippen LogP contribution is -2.52. The molecule has 6 nitrogen and oxygen atoms in total. The lowest BCUT2D eigenvalue weighted by Gasteiger charge is -2.46. The van der Waals surface area contributed by atoms with E-state index in [4.69, 9.17) is 0 Å². The molecule has 28 heavy (non-hydrogen) atoms. The highest BCUT2D eigenvalue weighted by atomic mass is 32.1. The molecule has 0 N–H and O–H groups in total. The van der Waals surface area contributed by atoms with E-state index in [-0.39, 0.29) is 10.8 Å². The van der Waals surface area contributed by atoms with E-state index < -0.39 is 0 Å². The number of thiophene rings is 1. The first kappa shape index (κ1) is 18.1. The zero-order chi connectivity index (χ0) is 19.2. The third-order valence-electron chi connectivity index (χ3n) is 7.23. The summed E-state index contributed by atoms with van der Waals surface area (Å²) in [5.74, 6) is 1.10. The summed E-state index contributed by atoms with van der Waals surface area (Å²) in [7, 11) is 1.96. The van der Waals surface area contributed by atoms with Crippen LogP contribution in [0.25, 0.3) is 0 Å². The van der Waals surface area contributed by atoms with Crippen LogP contribution >= 0.6 is 11.3 Å². The molecule has 1 amide bonds. The van der Waals surface area contributed by atoms with Crippen LogP contribution in [0.4, 0.5) is 5.95 Å². The molecule has 0 bridgehead atoms. The number of likely N-dealkylation sites (tertiary alicyclic amines) is 2. The molecule has 2 aromatic rings. The van der Waals surface area contributed by atoms with E-state index in [1.165, 1.54) is 5.56 Å². The number of anilines is 1. The zero-order valence-electron chi connectivity index (χ0n) is 16.4. The second-order valence-corrected chi connectivity index (χ2v) is 9.43. The number of piperidine rings is 1. The second-order valence-electron chi connectivity index (χ2n) is 8.65. The minimum Gasteiger partial charge on any atom is -0.345 e. The van der Waals surface area contributed by atoms with Crippen LogP contribution < -0.4 is 4.90 Å². The molecule has 1 unspecified atom stereocenters. The van der Waals surface area contributed by atoms with Crippen LogP contribution in [0.1, 0.15) is 24.8 Å². The molecule has 1 atom stereocenters. The predicted molar refractivity (Wildman–Crippen MR) is 110 cm³/mol. The van der Waals surface area contributed by atoms with Gasteiger partial charge in [-0.15, -0.1) is 0 Å².